The monoisotopic (exact) mass is 377 g/mol. The molecule has 0 fully saturated rings. The van der Waals surface area contributed by atoms with Crippen LogP contribution in [0.2, 0.25) is 0 Å². The number of hydrogen-bond acceptors (Lipinski definition) is 6. The topological polar surface area (TPSA) is 101 Å². The Kier molecular flexibility index (Phi) is 8.04. The standard InChI is InChI=1S/C18H23N3O4S/c1-25-14-8-6-7-13(11-14)18-20-12-15(26-18)17(23)19-10-5-3-2-4-9-16(22)21-24/h6-8,11-12,24H,2-5,9-10H2,1H3,(H,19,23)(H,21,22). The molecule has 0 unspecified atom stereocenters. The number of nitrogens with zero attached hydrogens (tertiary/aromatic N) is 1. The van der Waals surface area contributed by atoms with Gasteiger partial charge in [-0.25, -0.2) is 10.5 Å². The summed E-state index contributed by atoms with van der Waals surface area (Å²) in [7, 11) is 1.61. The number of benzene rings is 1. The van der Waals surface area contributed by atoms with Gasteiger partial charge in [-0.15, -0.1) is 11.3 Å². The Balaban J connectivity index is 1.73. The van der Waals surface area contributed by atoms with Crippen LogP contribution in [-0.4, -0.2) is 35.7 Å². The van der Waals surface area contributed by atoms with Gasteiger partial charge in [-0.1, -0.05) is 25.0 Å². The quantitative estimate of drug-likeness (QED) is 0.336. The summed E-state index contributed by atoms with van der Waals surface area (Å²) >= 11 is 1.34. The van der Waals surface area contributed by atoms with Crippen LogP contribution in [0.15, 0.2) is 30.5 Å². The van der Waals surface area contributed by atoms with Crippen LogP contribution in [0.4, 0.5) is 0 Å². The number of unbranched alkanes of at least 4 members (excludes halogenated alkanes) is 3. The van der Waals surface area contributed by atoms with Crippen LogP contribution >= 0.6 is 11.3 Å². The highest BCUT2D eigenvalue weighted by Crippen LogP contribution is 2.27. The Morgan fingerprint density at radius 3 is 2.81 bits per heavy atom. The largest absolute Gasteiger partial charge is 0.497 e. The van der Waals surface area contributed by atoms with Crippen LogP contribution in [0.25, 0.3) is 10.6 Å². The second kappa shape index (κ2) is 10.5. The molecule has 0 aliphatic heterocycles. The van der Waals surface area contributed by atoms with Crippen molar-refractivity contribution >= 4 is 23.2 Å². The molecule has 8 heteroatoms. The summed E-state index contributed by atoms with van der Waals surface area (Å²) in [5.41, 5.74) is 2.53. The van der Waals surface area contributed by atoms with Crippen LogP contribution in [0.5, 0.6) is 5.75 Å². The number of amides is 2. The Bertz CT molecular complexity index is 733. The number of carbonyl (C=O) groups is 2. The molecule has 1 aromatic carbocycles. The van der Waals surface area contributed by atoms with Crippen LogP contribution in [0.3, 0.4) is 0 Å². The first-order chi connectivity index (χ1) is 12.6. The summed E-state index contributed by atoms with van der Waals surface area (Å²) in [6.07, 6.45) is 5.26. The van der Waals surface area contributed by atoms with Crippen molar-refractivity contribution in [2.24, 2.45) is 0 Å². The predicted octanol–water partition coefficient (Wildman–Crippen LogP) is 3.00. The molecule has 0 saturated heterocycles. The van der Waals surface area contributed by atoms with Gasteiger partial charge in [0.2, 0.25) is 5.91 Å². The van der Waals surface area contributed by atoms with E-state index in [1.165, 1.54) is 11.3 Å². The maximum atomic E-state index is 12.2. The number of thiazole rings is 1. The van der Waals surface area contributed by atoms with E-state index in [0.717, 1.165) is 42.0 Å². The molecule has 2 aromatic rings. The molecule has 0 atom stereocenters. The summed E-state index contributed by atoms with van der Waals surface area (Å²) in [4.78, 5) is 27.9. The van der Waals surface area contributed by atoms with E-state index in [1.807, 2.05) is 24.3 Å². The zero-order valence-electron chi connectivity index (χ0n) is 14.7. The molecule has 2 rings (SSSR count). The van der Waals surface area contributed by atoms with Gasteiger partial charge >= 0.3 is 0 Å². The fourth-order valence-corrected chi connectivity index (χ4v) is 3.21. The van der Waals surface area contributed by atoms with Gasteiger partial charge in [-0.3, -0.25) is 14.8 Å². The fourth-order valence-electron chi connectivity index (χ4n) is 2.38. The molecule has 0 aliphatic carbocycles. The number of methoxy groups -OCH3 is 1. The van der Waals surface area contributed by atoms with E-state index in [-0.39, 0.29) is 11.8 Å². The Labute approximate surface area is 156 Å². The number of hydrogen-bond donors (Lipinski definition) is 3. The van der Waals surface area contributed by atoms with Gasteiger partial charge in [0.15, 0.2) is 0 Å². The lowest BCUT2D eigenvalue weighted by atomic mass is 10.1. The predicted molar refractivity (Wildman–Crippen MR) is 99.4 cm³/mol. The van der Waals surface area contributed by atoms with Gasteiger partial charge in [0.1, 0.15) is 15.6 Å². The third kappa shape index (κ3) is 6.12. The first-order valence-corrected chi connectivity index (χ1v) is 9.27. The van der Waals surface area contributed by atoms with Gasteiger partial charge in [0.25, 0.3) is 5.91 Å². The molecule has 3 N–H and O–H groups in total. The molecule has 0 spiro atoms. The molecule has 0 saturated carbocycles. The number of ether oxygens (including phenoxy) is 1. The van der Waals surface area contributed by atoms with E-state index in [4.69, 9.17) is 9.94 Å². The van der Waals surface area contributed by atoms with Gasteiger partial charge in [-0.2, -0.15) is 0 Å². The lowest BCUT2D eigenvalue weighted by molar-refractivity contribution is -0.129. The smallest absolute Gasteiger partial charge is 0.263 e. The molecule has 0 radical (unpaired) electrons. The van der Waals surface area contributed by atoms with Gasteiger partial charge in [0.05, 0.1) is 13.3 Å². The third-order valence-electron chi connectivity index (χ3n) is 3.79. The van der Waals surface area contributed by atoms with E-state index in [2.05, 4.69) is 10.3 Å². The molecule has 140 valence electrons. The molecule has 0 bridgehead atoms. The Hall–Kier alpha value is -2.45. The third-order valence-corrected chi connectivity index (χ3v) is 4.83. The average molecular weight is 377 g/mol. The lowest BCUT2D eigenvalue weighted by Gasteiger charge is -2.03. The van der Waals surface area contributed by atoms with Crippen molar-refractivity contribution in [1.29, 1.82) is 0 Å². The maximum Gasteiger partial charge on any atom is 0.263 e. The highest BCUT2D eigenvalue weighted by molar-refractivity contribution is 7.16. The summed E-state index contributed by atoms with van der Waals surface area (Å²) < 4.78 is 5.21. The van der Waals surface area contributed by atoms with E-state index in [0.29, 0.717) is 17.8 Å². The zero-order valence-corrected chi connectivity index (χ0v) is 15.5. The molecule has 1 aromatic heterocycles. The minimum atomic E-state index is -0.365. The minimum Gasteiger partial charge on any atom is -0.497 e. The fraction of sp³-hybridized carbons (Fsp3) is 0.389. The van der Waals surface area contributed by atoms with Crippen molar-refractivity contribution in [2.45, 2.75) is 32.1 Å². The summed E-state index contributed by atoms with van der Waals surface area (Å²) in [6, 6.07) is 7.57. The van der Waals surface area contributed by atoms with Crippen molar-refractivity contribution in [1.82, 2.24) is 15.8 Å². The van der Waals surface area contributed by atoms with E-state index >= 15 is 0 Å². The molecular formula is C18H23N3O4S. The van der Waals surface area contributed by atoms with E-state index in [1.54, 1.807) is 18.8 Å². The Morgan fingerprint density at radius 1 is 1.23 bits per heavy atom. The molecule has 0 aliphatic rings. The van der Waals surface area contributed by atoms with Crippen molar-refractivity contribution in [2.75, 3.05) is 13.7 Å². The van der Waals surface area contributed by atoms with Crippen molar-refractivity contribution < 1.29 is 19.5 Å². The van der Waals surface area contributed by atoms with Crippen LogP contribution in [0.1, 0.15) is 41.8 Å². The lowest BCUT2D eigenvalue weighted by Crippen LogP contribution is -2.23. The second-order valence-electron chi connectivity index (χ2n) is 5.72. The Morgan fingerprint density at radius 2 is 2.04 bits per heavy atom. The summed E-state index contributed by atoms with van der Waals surface area (Å²) in [6.45, 7) is 0.581. The molecule has 7 nitrogen and oxygen atoms in total. The van der Waals surface area contributed by atoms with Gasteiger partial charge in [0, 0.05) is 18.5 Å². The first kappa shape index (κ1) is 19.9. The number of hydroxylamine groups is 1. The number of rotatable bonds is 10. The van der Waals surface area contributed by atoms with Crippen molar-refractivity contribution in [3.05, 3.63) is 35.3 Å². The van der Waals surface area contributed by atoms with Crippen molar-refractivity contribution in [3.8, 4) is 16.3 Å². The summed E-state index contributed by atoms with van der Waals surface area (Å²) in [5, 5.41) is 12.0. The van der Waals surface area contributed by atoms with E-state index < -0.39 is 0 Å². The number of nitrogens with one attached hydrogen (secondary N) is 2. The second-order valence-corrected chi connectivity index (χ2v) is 6.75. The maximum absolute atomic E-state index is 12.2. The molecule has 1 heterocycles. The zero-order chi connectivity index (χ0) is 18.8. The SMILES string of the molecule is COc1cccc(-c2ncc(C(=O)NCCCCCCC(=O)NO)s2)c1. The van der Waals surface area contributed by atoms with Crippen molar-refractivity contribution in [3.63, 3.8) is 0 Å². The van der Waals surface area contributed by atoms with Crippen LogP contribution in [-0.2, 0) is 4.79 Å². The summed E-state index contributed by atoms with van der Waals surface area (Å²) in [5.74, 6) is 0.256. The van der Waals surface area contributed by atoms with Crippen LogP contribution < -0.4 is 15.5 Å². The molecule has 2 amide bonds. The molecule has 26 heavy (non-hydrogen) atoms. The minimum absolute atomic E-state index is 0.128. The number of carbonyl (C=O) groups excluding carboxylic acids is 2. The first-order valence-electron chi connectivity index (χ1n) is 8.45. The average Bonchev–Trinajstić information content (AvgIpc) is 3.17. The number of aromatic nitrogens is 1. The normalized spacial score (nSPS) is 10.4. The molecular weight excluding hydrogens is 354 g/mol. The highest BCUT2D eigenvalue weighted by Gasteiger charge is 2.11. The van der Waals surface area contributed by atoms with E-state index in [9.17, 15) is 9.59 Å². The van der Waals surface area contributed by atoms with Crippen LogP contribution in [0, 0.1) is 0 Å². The highest BCUT2D eigenvalue weighted by atomic mass is 32.1. The van der Waals surface area contributed by atoms with Gasteiger partial charge in [-0.05, 0) is 25.0 Å². The van der Waals surface area contributed by atoms with Gasteiger partial charge < -0.3 is 10.1 Å².